The van der Waals surface area contributed by atoms with Gasteiger partial charge in [0, 0.05) is 67.4 Å². The third-order valence-electron chi connectivity index (χ3n) is 6.13. The summed E-state index contributed by atoms with van der Waals surface area (Å²) in [4.78, 5) is 43.4. The Morgan fingerprint density at radius 1 is 0.947 bits per heavy atom. The molecule has 0 aliphatic heterocycles. The Labute approximate surface area is 233 Å². The Morgan fingerprint density at radius 3 is 2.26 bits per heavy atom. The van der Waals surface area contributed by atoms with Gasteiger partial charge in [-0.1, -0.05) is 30.3 Å². The molecule has 0 spiro atoms. The number of esters is 1. The summed E-state index contributed by atoms with van der Waals surface area (Å²) in [5.74, 6) is -0.391. The molecule has 3 N–H and O–H groups in total. The normalized spacial score (nSPS) is 12.5. The average molecular weight is 562 g/mol. The highest BCUT2D eigenvalue weighted by atomic mass is 35.5. The highest BCUT2D eigenvalue weighted by Gasteiger charge is 2.28. The van der Waals surface area contributed by atoms with Gasteiger partial charge in [0.15, 0.2) is 0 Å². The van der Waals surface area contributed by atoms with E-state index in [1.807, 2.05) is 54.7 Å². The molecule has 0 bridgehead atoms. The Hall–Kier alpha value is -3.23. The first kappa shape index (κ1) is 29.3. The topological polar surface area (TPSA) is 104 Å². The zero-order valence-corrected chi connectivity index (χ0v) is 23.1. The highest BCUT2D eigenvalue weighted by Crippen LogP contribution is 2.20. The van der Waals surface area contributed by atoms with Gasteiger partial charge < -0.3 is 25.3 Å². The number of aromatic nitrogens is 1. The molecule has 38 heavy (non-hydrogen) atoms. The Bertz CT molecular complexity index is 1210. The van der Waals surface area contributed by atoms with Crippen LogP contribution < -0.4 is 15.5 Å². The van der Waals surface area contributed by atoms with Gasteiger partial charge in [-0.3, -0.25) is 9.59 Å². The number of aromatic amines is 1. The molecule has 3 aromatic rings. The fourth-order valence-corrected chi connectivity index (χ4v) is 4.74. The van der Waals surface area contributed by atoms with Gasteiger partial charge in [0.05, 0.1) is 6.61 Å². The molecule has 3 rings (SSSR count). The number of H-pyrrole nitrogens is 1. The molecule has 0 unspecified atom stereocenters. The predicted octanol–water partition coefficient (Wildman–Crippen LogP) is 3.79. The van der Waals surface area contributed by atoms with Crippen LogP contribution in [0.5, 0.6) is 0 Å². The second-order valence-corrected chi connectivity index (χ2v) is 9.62. The van der Waals surface area contributed by atoms with Crippen LogP contribution in [0.4, 0.5) is 5.69 Å². The monoisotopic (exact) mass is 560 g/mol. The van der Waals surface area contributed by atoms with Crippen molar-refractivity contribution < 1.29 is 19.1 Å². The van der Waals surface area contributed by atoms with E-state index in [4.69, 9.17) is 27.9 Å². The molecule has 2 amide bonds. The van der Waals surface area contributed by atoms with E-state index in [1.54, 1.807) is 6.92 Å². The quantitative estimate of drug-likeness (QED) is 0.205. The predicted molar refractivity (Wildman–Crippen MR) is 152 cm³/mol. The Kier molecular flexibility index (Phi) is 11.3. The third kappa shape index (κ3) is 8.13. The number of nitrogens with zero attached hydrogens (tertiary/aromatic N) is 1. The molecule has 0 fully saturated rings. The number of para-hydroxylation sites is 1. The zero-order valence-electron chi connectivity index (χ0n) is 21.6. The summed E-state index contributed by atoms with van der Waals surface area (Å²) < 4.78 is 5.25. The summed E-state index contributed by atoms with van der Waals surface area (Å²) in [6, 6.07) is 13.6. The summed E-state index contributed by atoms with van der Waals surface area (Å²) in [5.41, 5.74) is 3.64. The van der Waals surface area contributed by atoms with Crippen molar-refractivity contribution in [1.82, 2.24) is 15.6 Å². The molecule has 0 saturated heterocycles. The van der Waals surface area contributed by atoms with Gasteiger partial charge in [0.25, 0.3) is 0 Å². The van der Waals surface area contributed by atoms with Crippen LogP contribution in [0.1, 0.15) is 25.0 Å². The number of hydrogen-bond donors (Lipinski definition) is 3. The number of ether oxygens (including phenoxy) is 1. The standard InChI is InChI=1S/C28H34Cl2N4O4/c1-3-38-28(37)26(17-21-18-31-24-7-5-4-6-23(21)24)33-27(36)25(32-19(2)35)16-20-8-10-22(11-9-20)34(14-12-29)15-13-30/h4-11,18,25-26,31H,3,12-17H2,1-2H3,(H,32,35)(H,33,36)/t25-,26-/m1/s1. The van der Waals surface area contributed by atoms with E-state index in [0.29, 0.717) is 24.8 Å². The van der Waals surface area contributed by atoms with Crippen molar-refractivity contribution in [2.24, 2.45) is 0 Å². The van der Waals surface area contributed by atoms with Crippen molar-refractivity contribution in [3.63, 3.8) is 0 Å². The van der Waals surface area contributed by atoms with Crippen LogP contribution in [0.25, 0.3) is 10.9 Å². The number of rotatable bonds is 14. The number of fused-ring (bicyclic) bond motifs is 1. The number of amides is 2. The van der Waals surface area contributed by atoms with Crippen molar-refractivity contribution in [1.29, 1.82) is 0 Å². The van der Waals surface area contributed by atoms with E-state index in [9.17, 15) is 14.4 Å². The van der Waals surface area contributed by atoms with Crippen LogP contribution >= 0.6 is 23.2 Å². The van der Waals surface area contributed by atoms with E-state index >= 15 is 0 Å². The van der Waals surface area contributed by atoms with Crippen LogP contribution in [-0.4, -0.2) is 66.3 Å². The first-order chi connectivity index (χ1) is 18.4. The number of anilines is 1. The maximum Gasteiger partial charge on any atom is 0.328 e. The molecule has 1 heterocycles. The molecule has 2 atom stereocenters. The smallest absolute Gasteiger partial charge is 0.328 e. The molecular formula is C28H34Cl2N4O4. The number of halogens is 2. The van der Waals surface area contributed by atoms with Gasteiger partial charge in [-0.05, 0) is 36.2 Å². The summed E-state index contributed by atoms with van der Waals surface area (Å²) in [6.07, 6.45) is 2.32. The molecule has 0 aliphatic rings. The SMILES string of the molecule is CCOC(=O)[C@@H](Cc1c[nH]c2ccccc12)NC(=O)[C@@H](Cc1ccc(N(CCCl)CCCl)cc1)NC(C)=O. The van der Waals surface area contributed by atoms with Gasteiger partial charge in [-0.2, -0.15) is 0 Å². The maximum atomic E-state index is 13.4. The highest BCUT2D eigenvalue weighted by molar-refractivity contribution is 6.18. The molecule has 0 radical (unpaired) electrons. The number of carbonyl (C=O) groups is 3. The maximum absolute atomic E-state index is 13.4. The minimum absolute atomic E-state index is 0.186. The van der Waals surface area contributed by atoms with Gasteiger partial charge in [-0.15, -0.1) is 23.2 Å². The van der Waals surface area contributed by atoms with Gasteiger partial charge in [0.1, 0.15) is 12.1 Å². The lowest BCUT2D eigenvalue weighted by Gasteiger charge is -2.24. The molecule has 1 aromatic heterocycles. The second-order valence-electron chi connectivity index (χ2n) is 8.87. The number of nitrogens with one attached hydrogen (secondary N) is 3. The van der Waals surface area contributed by atoms with Crippen molar-refractivity contribution in [2.75, 3.05) is 36.4 Å². The molecule has 2 aromatic carbocycles. The molecular weight excluding hydrogens is 527 g/mol. The van der Waals surface area contributed by atoms with E-state index in [-0.39, 0.29) is 25.4 Å². The molecule has 8 nitrogen and oxygen atoms in total. The number of hydrogen-bond acceptors (Lipinski definition) is 5. The van der Waals surface area contributed by atoms with Crippen LogP contribution in [0, 0.1) is 0 Å². The van der Waals surface area contributed by atoms with E-state index in [2.05, 4.69) is 20.5 Å². The first-order valence-corrected chi connectivity index (χ1v) is 13.7. The lowest BCUT2D eigenvalue weighted by molar-refractivity contribution is -0.147. The van der Waals surface area contributed by atoms with Crippen molar-refractivity contribution >= 4 is 57.6 Å². The molecule has 10 heteroatoms. The van der Waals surface area contributed by atoms with Gasteiger partial charge >= 0.3 is 5.97 Å². The van der Waals surface area contributed by atoms with Crippen molar-refractivity contribution in [3.8, 4) is 0 Å². The lowest BCUT2D eigenvalue weighted by atomic mass is 10.0. The second kappa shape index (κ2) is 14.6. The van der Waals surface area contributed by atoms with Crippen LogP contribution in [0.3, 0.4) is 0 Å². The number of carbonyl (C=O) groups excluding carboxylic acids is 3. The first-order valence-electron chi connectivity index (χ1n) is 12.6. The molecule has 204 valence electrons. The number of benzene rings is 2. The fraction of sp³-hybridized carbons (Fsp3) is 0.393. The molecule has 0 saturated carbocycles. The summed E-state index contributed by atoms with van der Waals surface area (Å²) in [5, 5.41) is 6.49. The minimum atomic E-state index is -0.917. The van der Waals surface area contributed by atoms with E-state index in [0.717, 1.165) is 27.7 Å². The Balaban J connectivity index is 1.77. The van der Waals surface area contributed by atoms with Crippen LogP contribution in [-0.2, 0) is 32.0 Å². The largest absolute Gasteiger partial charge is 0.464 e. The Morgan fingerprint density at radius 2 is 1.63 bits per heavy atom. The van der Waals surface area contributed by atoms with Crippen molar-refractivity contribution in [2.45, 2.75) is 38.8 Å². The lowest BCUT2D eigenvalue weighted by Crippen LogP contribution is -2.53. The zero-order chi connectivity index (χ0) is 27.5. The summed E-state index contributed by atoms with van der Waals surface area (Å²) >= 11 is 11.8. The average Bonchev–Trinajstić information content (AvgIpc) is 3.31. The minimum Gasteiger partial charge on any atom is -0.464 e. The third-order valence-corrected chi connectivity index (χ3v) is 6.47. The van der Waals surface area contributed by atoms with E-state index < -0.39 is 24.0 Å². The van der Waals surface area contributed by atoms with Crippen molar-refractivity contribution in [3.05, 3.63) is 65.9 Å². The van der Waals surface area contributed by atoms with Gasteiger partial charge in [-0.25, -0.2) is 4.79 Å². The summed E-state index contributed by atoms with van der Waals surface area (Å²) in [6.45, 7) is 4.58. The number of alkyl halides is 2. The van der Waals surface area contributed by atoms with Gasteiger partial charge in [0.2, 0.25) is 11.8 Å². The fourth-order valence-electron chi connectivity index (χ4n) is 4.34. The van der Waals surface area contributed by atoms with Crippen LogP contribution in [0.15, 0.2) is 54.7 Å². The summed E-state index contributed by atoms with van der Waals surface area (Å²) in [7, 11) is 0. The van der Waals surface area contributed by atoms with E-state index in [1.165, 1.54) is 6.92 Å². The molecule has 0 aliphatic carbocycles. The van der Waals surface area contributed by atoms with Crippen LogP contribution in [0.2, 0.25) is 0 Å².